The van der Waals surface area contributed by atoms with Gasteiger partial charge in [0.2, 0.25) is 0 Å². The van der Waals surface area contributed by atoms with E-state index in [1.165, 1.54) is 5.56 Å². The molecule has 1 atom stereocenters. The Labute approximate surface area is 174 Å². The van der Waals surface area contributed by atoms with Gasteiger partial charge in [-0.25, -0.2) is 4.79 Å². The normalized spacial score (nSPS) is 17.2. The molecule has 4 rings (SSSR count). The molecule has 1 fully saturated rings. The van der Waals surface area contributed by atoms with E-state index in [9.17, 15) is 14.4 Å². The number of likely N-dealkylation sites (tertiary alicyclic amines) is 1. The number of aromatic nitrogens is 2. The quantitative estimate of drug-likeness (QED) is 0.679. The van der Waals surface area contributed by atoms with Crippen molar-refractivity contribution >= 4 is 16.8 Å². The van der Waals surface area contributed by atoms with Gasteiger partial charge in [-0.05, 0) is 50.1 Å². The maximum atomic E-state index is 12.8. The number of carbonyl (C=O) groups excluding carboxylic acids is 1. The van der Waals surface area contributed by atoms with E-state index in [2.05, 4.69) is 27.3 Å². The number of amides is 1. The van der Waals surface area contributed by atoms with Crippen LogP contribution in [-0.2, 0) is 13.1 Å². The molecule has 2 heterocycles. The molecule has 7 nitrogen and oxygen atoms in total. The summed E-state index contributed by atoms with van der Waals surface area (Å²) in [6.07, 6.45) is 1.96. The molecule has 0 bridgehead atoms. The zero-order chi connectivity index (χ0) is 21.1. The van der Waals surface area contributed by atoms with Gasteiger partial charge in [0.15, 0.2) is 0 Å². The number of H-pyrrole nitrogens is 1. The standard InChI is InChI=1S/C23H26N4O3/c1-2-27-22(29)19-11-10-17(13-20(19)25-23(27)30)21(28)24-18-9-6-12-26(15-18)14-16-7-4-3-5-8-16/h3-5,7-8,10-11,13,18H,2,6,9,12,14-15H2,1H3,(H,24,28)(H,25,30). The molecule has 0 saturated carbocycles. The molecule has 0 spiro atoms. The number of piperidine rings is 1. The van der Waals surface area contributed by atoms with Crippen LogP contribution in [0.25, 0.3) is 10.9 Å². The highest BCUT2D eigenvalue weighted by Crippen LogP contribution is 2.15. The third-order valence-electron chi connectivity index (χ3n) is 5.65. The average molecular weight is 406 g/mol. The molecular weight excluding hydrogens is 380 g/mol. The minimum Gasteiger partial charge on any atom is -0.348 e. The summed E-state index contributed by atoms with van der Waals surface area (Å²) >= 11 is 0. The van der Waals surface area contributed by atoms with Crippen LogP contribution in [0.4, 0.5) is 0 Å². The van der Waals surface area contributed by atoms with E-state index >= 15 is 0 Å². The van der Waals surface area contributed by atoms with Crippen LogP contribution >= 0.6 is 0 Å². The number of benzene rings is 2. The highest BCUT2D eigenvalue weighted by atomic mass is 16.2. The molecule has 1 aliphatic heterocycles. The Hall–Kier alpha value is -3.19. The van der Waals surface area contributed by atoms with Crippen LogP contribution in [0.2, 0.25) is 0 Å². The summed E-state index contributed by atoms with van der Waals surface area (Å²) in [4.78, 5) is 42.3. The van der Waals surface area contributed by atoms with Crippen LogP contribution in [0.5, 0.6) is 0 Å². The van der Waals surface area contributed by atoms with Gasteiger partial charge < -0.3 is 10.3 Å². The number of nitrogens with zero attached hydrogens (tertiary/aromatic N) is 2. The van der Waals surface area contributed by atoms with Crippen LogP contribution < -0.4 is 16.6 Å². The van der Waals surface area contributed by atoms with Crippen LogP contribution in [0, 0.1) is 0 Å². The maximum absolute atomic E-state index is 12.8. The molecule has 1 aromatic heterocycles. The number of hydrogen-bond donors (Lipinski definition) is 2. The summed E-state index contributed by atoms with van der Waals surface area (Å²) in [6.45, 7) is 4.73. The van der Waals surface area contributed by atoms with Crippen LogP contribution in [0.3, 0.4) is 0 Å². The van der Waals surface area contributed by atoms with E-state index in [1.54, 1.807) is 25.1 Å². The Kier molecular flexibility index (Phi) is 5.81. The van der Waals surface area contributed by atoms with E-state index in [4.69, 9.17) is 0 Å². The monoisotopic (exact) mass is 406 g/mol. The van der Waals surface area contributed by atoms with Crippen LogP contribution in [0.15, 0.2) is 58.1 Å². The minimum absolute atomic E-state index is 0.0674. The van der Waals surface area contributed by atoms with E-state index < -0.39 is 5.69 Å². The summed E-state index contributed by atoms with van der Waals surface area (Å²) in [5.41, 5.74) is 1.29. The Morgan fingerprint density at radius 3 is 2.73 bits per heavy atom. The lowest BCUT2D eigenvalue weighted by atomic mass is 10.0. The molecule has 1 amide bonds. The molecule has 156 valence electrons. The lowest BCUT2D eigenvalue weighted by molar-refractivity contribution is 0.0901. The zero-order valence-electron chi connectivity index (χ0n) is 17.1. The first-order valence-corrected chi connectivity index (χ1v) is 10.4. The summed E-state index contributed by atoms with van der Waals surface area (Å²) in [6, 6.07) is 15.2. The molecular formula is C23H26N4O3. The van der Waals surface area contributed by atoms with Gasteiger partial charge in [-0.1, -0.05) is 30.3 Å². The van der Waals surface area contributed by atoms with Gasteiger partial charge >= 0.3 is 5.69 Å². The van der Waals surface area contributed by atoms with Crippen molar-refractivity contribution in [1.82, 2.24) is 19.8 Å². The van der Waals surface area contributed by atoms with Crippen molar-refractivity contribution in [2.45, 2.75) is 38.9 Å². The van der Waals surface area contributed by atoms with Crippen molar-refractivity contribution in [2.75, 3.05) is 13.1 Å². The van der Waals surface area contributed by atoms with Crippen molar-refractivity contribution in [3.8, 4) is 0 Å². The van der Waals surface area contributed by atoms with Crippen LogP contribution in [0.1, 0.15) is 35.7 Å². The second kappa shape index (κ2) is 8.67. The predicted molar refractivity (Wildman–Crippen MR) is 117 cm³/mol. The van der Waals surface area contributed by atoms with Gasteiger partial charge in [0, 0.05) is 31.2 Å². The van der Waals surface area contributed by atoms with E-state index in [0.717, 1.165) is 37.0 Å². The topological polar surface area (TPSA) is 87.2 Å². The van der Waals surface area contributed by atoms with Gasteiger partial charge in [-0.15, -0.1) is 0 Å². The Bertz CT molecular complexity index is 1170. The third-order valence-corrected chi connectivity index (χ3v) is 5.65. The molecule has 7 heteroatoms. The molecule has 1 aliphatic rings. The Morgan fingerprint density at radius 2 is 1.97 bits per heavy atom. The van der Waals surface area contributed by atoms with Crippen molar-refractivity contribution < 1.29 is 4.79 Å². The molecule has 3 aromatic rings. The first kappa shape index (κ1) is 20.1. The molecule has 30 heavy (non-hydrogen) atoms. The van der Waals surface area contributed by atoms with Crippen molar-refractivity contribution in [1.29, 1.82) is 0 Å². The highest BCUT2D eigenvalue weighted by molar-refractivity contribution is 5.97. The number of hydrogen-bond acceptors (Lipinski definition) is 4. The second-order valence-electron chi connectivity index (χ2n) is 7.77. The molecule has 0 radical (unpaired) electrons. The molecule has 2 aromatic carbocycles. The summed E-state index contributed by atoms with van der Waals surface area (Å²) < 4.78 is 1.14. The Morgan fingerprint density at radius 1 is 1.17 bits per heavy atom. The van der Waals surface area contributed by atoms with E-state index in [-0.39, 0.29) is 17.5 Å². The summed E-state index contributed by atoms with van der Waals surface area (Å²) in [5.74, 6) is -0.191. The van der Waals surface area contributed by atoms with Crippen molar-refractivity contribution in [2.24, 2.45) is 0 Å². The van der Waals surface area contributed by atoms with Crippen LogP contribution in [-0.4, -0.2) is 39.5 Å². The van der Waals surface area contributed by atoms with Gasteiger partial charge in [0.25, 0.3) is 11.5 Å². The van der Waals surface area contributed by atoms with Crippen molar-refractivity contribution in [3.05, 3.63) is 80.5 Å². The molecule has 1 unspecified atom stereocenters. The van der Waals surface area contributed by atoms with Gasteiger partial charge in [-0.3, -0.25) is 19.1 Å². The highest BCUT2D eigenvalue weighted by Gasteiger charge is 2.22. The predicted octanol–water partition coefficient (Wildman–Crippen LogP) is 2.10. The smallest absolute Gasteiger partial charge is 0.328 e. The van der Waals surface area contributed by atoms with Crippen molar-refractivity contribution in [3.63, 3.8) is 0 Å². The molecule has 0 aliphatic carbocycles. The SMILES string of the molecule is CCn1c(=O)[nH]c2cc(C(=O)NC3CCCN(Cc4ccccc4)C3)ccc2c1=O. The fraction of sp³-hybridized carbons (Fsp3) is 0.348. The largest absolute Gasteiger partial charge is 0.348 e. The van der Waals surface area contributed by atoms with Gasteiger partial charge in [0.05, 0.1) is 10.9 Å². The van der Waals surface area contributed by atoms with Gasteiger partial charge in [0.1, 0.15) is 0 Å². The fourth-order valence-corrected chi connectivity index (χ4v) is 4.11. The number of aromatic amines is 1. The minimum atomic E-state index is -0.462. The Balaban J connectivity index is 1.47. The summed E-state index contributed by atoms with van der Waals surface area (Å²) in [7, 11) is 0. The first-order chi connectivity index (χ1) is 14.5. The first-order valence-electron chi connectivity index (χ1n) is 10.4. The number of fused-ring (bicyclic) bond motifs is 1. The fourth-order valence-electron chi connectivity index (χ4n) is 4.11. The van der Waals surface area contributed by atoms with Gasteiger partial charge in [-0.2, -0.15) is 0 Å². The van der Waals surface area contributed by atoms with E-state index in [1.807, 2.05) is 18.2 Å². The number of nitrogens with one attached hydrogen (secondary N) is 2. The lowest BCUT2D eigenvalue weighted by Crippen LogP contribution is -2.47. The molecule has 2 N–H and O–H groups in total. The zero-order valence-corrected chi connectivity index (χ0v) is 17.1. The summed E-state index contributed by atoms with van der Waals surface area (Å²) in [5, 5.41) is 3.51. The number of carbonyl (C=O) groups is 1. The van der Waals surface area contributed by atoms with E-state index in [0.29, 0.717) is 23.0 Å². The average Bonchev–Trinajstić information content (AvgIpc) is 2.74. The third kappa shape index (κ3) is 4.21. The number of rotatable bonds is 5. The molecule has 1 saturated heterocycles. The maximum Gasteiger partial charge on any atom is 0.328 e. The lowest BCUT2D eigenvalue weighted by Gasteiger charge is -2.33. The second-order valence-corrected chi connectivity index (χ2v) is 7.77.